The predicted octanol–water partition coefficient (Wildman–Crippen LogP) is 1.86. The number of carbonyl (C=O) groups is 1. The first-order valence-corrected chi connectivity index (χ1v) is 4.28. The van der Waals surface area contributed by atoms with Crippen LogP contribution >= 0.6 is 0 Å². The van der Waals surface area contributed by atoms with E-state index in [1.807, 2.05) is 24.3 Å². The van der Waals surface area contributed by atoms with E-state index < -0.39 is 0 Å². The van der Waals surface area contributed by atoms with E-state index in [0.717, 1.165) is 18.3 Å². The van der Waals surface area contributed by atoms with Crippen molar-refractivity contribution in [2.24, 2.45) is 5.73 Å². The van der Waals surface area contributed by atoms with Crippen LogP contribution in [0.5, 0.6) is 0 Å². The first kappa shape index (κ1) is 9.68. The van der Waals surface area contributed by atoms with Crippen molar-refractivity contribution in [2.75, 3.05) is 6.54 Å². The summed E-state index contributed by atoms with van der Waals surface area (Å²) >= 11 is 0. The fourth-order valence-electron chi connectivity index (χ4n) is 1.00. The van der Waals surface area contributed by atoms with Gasteiger partial charge in [-0.05, 0) is 18.5 Å². The highest BCUT2D eigenvalue weighted by molar-refractivity contribution is 5.75. The van der Waals surface area contributed by atoms with Gasteiger partial charge in [0, 0.05) is 5.56 Å². The second-order valence-electron chi connectivity index (χ2n) is 2.76. The molecule has 0 bridgehead atoms. The lowest BCUT2D eigenvalue weighted by Crippen LogP contribution is -1.94. The summed E-state index contributed by atoms with van der Waals surface area (Å²) in [4.78, 5) is 10.3. The van der Waals surface area contributed by atoms with E-state index in [9.17, 15) is 4.79 Å². The lowest BCUT2D eigenvalue weighted by atomic mass is 10.1. The number of rotatable bonds is 4. The Morgan fingerprint density at radius 1 is 1.15 bits per heavy atom. The van der Waals surface area contributed by atoms with Crippen molar-refractivity contribution in [3.63, 3.8) is 0 Å². The number of nitrogens with two attached hydrogens (primary N) is 1. The molecule has 2 heteroatoms. The van der Waals surface area contributed by atoms with E-state index in [1.165, 1.54) is 0 Å². The van der Waals surface area contributed by atoms with Gasteiger partial charge < -0.3 is 5.73 Å². The zero-order valence-corrected chi connectivity index (χ0v) is 7.44. The van der Waals surface area contributed by atoms with E-state index in [4.69, 9.17) is 5.73 Å². The number of benzene rings is 1. The quantitative estimate of drug-likeness (QED) is 0.710. The number of hydrogen-bond donors (Lipinski definition) is 1. The summed E-state index contributed by atoms with van der Waals surface area (Å²) in [6.07, 6.45) is 5.75. The van der Waals surface area contributed by atoms with Gasteiger partial charge in [-0.15, -0.1) is 0 Å². The van der Waals surface area contributed by atoms with Crippen LogP contribution in [0.3, 0.4) is 0 Å². The highest BCUT2D eigenvalue weighted by atomic mass is 16.1. The summed E-state index contributed by atoms with van der Waals surface area (Å²) in [5, 5.41) is 0. The molecule has 0 saturated heterocycles. The summed E-state index contributed by atoms with van der Waals surface area (Å²) in [7, 11) is 0. The molecule has 1 rings (SSSR count). The van der Waals surface area contributed by atoms with Gasteiger partial charge in [0.05, 0.1) is 0 Å². The van der Waals surface area contributed by atoms with Crippen LogP contribution in [0.15, 0.2) is 30.3 Å². The highest BCUT2D eigenvalue weighted by Gasteiger charge is 1.88. The van der Waals surface area contributed by atoms with Crippen molar-refractivity contribution >= 4 is 12.4 Å². The van der Waals surface area contributed by atoms with Gasteiger partial charge in [0.1, 0.15) is 6.29 Å². The zero-order chi connectivity index (χ0) is 9.52. The van der Waals surface area contributed by atoms with Crippen molar-refractivity contribution in [1.29, 1.82) is 0 Å². The lowest BCUT2D eigenvalue weighted by Gasteiger charge is -1.93. The second kappa shape index (κ2) is 5.27. The van der Waals surface area contributed by atoms with Gasteiger partial charge in [0.15, 0.2) is 0 Å². The molecular weight excluding hydrogens is 162 g/mol. The maximum Gasteiger partial charge on any atom is 0.150 e. The Morgan fingerprint density at radius 2 is 1.77 bits per heavy atom. The Bertz CT molecular complexity index is 287. The van der Waals surface area contributed by atoms with Gasteiger partial charge in [0.25, 0.3) is 0 Å². The lowest BCUT2D eigenvalue weighted by molar-refractivity contribution is 0.112. The third kappa shape index (κ3) is 3.22. The molecule has 1 aromatic rings. The predicted molar refractivity (Wildman–Crippen MR) is 54.5 cm³/mol. The molecule has 0 fully saturated rings. The molecule has 2 nitrogen and oxygen atoms in total. The topological polar surface area (TPSA) is 43.1 Å². The fraction of sp³-hybridized carbons (Fsp3) is 0.182. The van der Waals surface area contributed by atoms with Crippen molar-refractivity contribution < 1.29 is 4.79 Å². The Balaban J connectivity index is 2.63. The van der Waals surface area contributed by atoms with E-state index in [0.29, 0.717) is 12.1 Å². The van der Waals surface area contributed by atoms with Crippen LogP contribution in [0, 0.1) is 0 Å². The Kier molecular flexibility index (Phi) is 3.93. The zero-order valence-electron chi connectivity index (χ0n) is 7.44. The van der Waals surface area contributed by atoms with Crippen LogP contribution in [0.25, 0.3) is 6.08 Å². The molecule has 13 heavy (non-hydrogen) atoms. The molecule has 0 atom stereocenters. The molecule has 0 amide bonds. The smallest absolute Gasteiger partial charge is 0.150 e. The van der Waals surface area contributed by atoms with Gasteiger partial charge in [-0.2, -0.15) is 0 Å². The van der Waals surface area contributed by atoms with Crippen molar-refractivity contribution in [3.8, 4) is 0 Å². The average Bonchev–Trinajstić information content (AvgIpc) is 2.19. The first-order chi connectivity index (χ1) is 6.36. The summed E-state index contributed by atoms with van der Waals surface area (Å²) in [6.45, 7) is 0.670. The van der Waals surface area contributed by atoms with Crippen LogP contribution in [-0.4, -0.2) is 12.8 Å². The normalized spacial score (nSPS) is 10.5. The Labute approximate surface area is 78.1 Å². The van der Waals surface area contributed by atoms with Gasteiger partial charge >= 0.3 is 0 Å². The minimum atomic E-state index is 0.670. The Morgan fingerprint density at radius 3 is 2.31 bits per heavy atom. The van der Waals surface area contributed by atoms with E-state index in [2.05, 4.69) is 0 Å². The first-order valence-electron chi connectivity index (χ1n) is 4.28. The van der Waals surface area contributed by atoms with E-state index >= 15 is 0 Å². The molecule has 2 N–H and O–H groups in total. The highest BCUT2D eigenvalue weighted by Crippen LogP contribution is 2.04. The minimum Gasteiger partial charge on any atom is -0.330 e. The van der Waals surface area contributed by atoms with E-state index in [-0.39, 0.29) is 0 Å². The van der Waals surface area contributed by atoms with Gasteiger partial charge in [-0.1, -0.05) is 36.4 Å². The molecule has 0 aliphatic rings. The second-order valence-corrected chi connectivity index (χ2v) is 2.76. The molecule has 1 aromatic carbocycles. The van der Waals surface area contributed by atoms with Crippen LogP contribution in [0.2, 0.25) is 0 Å². The molecule has 0 spiro atoms. The van der Waals surface area contributed by atoms with Gasteiger partial charge in [0.2, 0.25) is 0 Å². The molecular formula is C11H13NO. The Hall–Kier alpha value is -1.41. The minimum absolute atomic E-state index is 0.670. The molecule has 0 unspecified atom stereocenters. The molecule has 0 aromatic heterocycles. The summed E-state index contributed by atoms with van der Waals surface area (Å²) in [5.41, 5.74) is 7.14. The monoisotopic (exact) mass is 175 g/mol. The van der Waals surface area contributed by atoms with E-state index in [1.54, 1.807) is 12.1 Å². The third-order valence-corrected chi connectivity index (χ3v) is 1.72. The summed E-state index contributed by atoms with van der Waals surface area (Å²) in [6, 6.07) is 7.43. The number of carbonyl (C=O) groups excluding carboxylic acids is 1. The largest absolute Gasteiger partial charge is 0.330 e. The molecule has 68 valence electrons. The molecule has 0 aliphatic heterocycles. The van der Waals surface area contributed by atoms with Crippen LogP contribution in [0.1, 0.15) is 22.3 Å². The van der Waals surface area contributed by atoms with Crippen LogP contribution in [0.4, 0.5) is 0 Å². The molecule has 0 aliphatic carbocycles. The molecule has 0 radical (unpaired) electrons. The maximum absolute atomic E-state index is 10.3. The average molecular weight is 175 g/mol. The van der Waals surface area contributed by atoms with Crippen molar-refractivity contribution in [3.05, 3.63) is 41.5 Å². The molecule has 0 saturated carbocycles. The van der Waals surface area contributed by atoms with Crippen molar-refractivity contribution in [1.82, 2.24) is 0 Å². The van der Waals surface area contributed by atoms with Gasteiger partial charge in [-0.25, -0.2) is 0 Å². The van der Waals surface area contributed by atoms with Gasteiger partial charge in [-0.3, -0.25) is 4.79 Å². The molecule has 0 heterocycles. The SMILES string of the molecule is NCCC=Cc1ccc(C=O)cc1. The summed E-state index contributed by atoms with van der Waals surface area (Å²) < 4.78 is 0. The van der Waals surface area contributed by atoms with Crippen LogP contribution < -0.4 is 5.73 Å². The maximum atomic E-state index is 10.3. The summed E-state index contributed by atoms with van der Waals surface area (Å²) in [5.74, 6) is 0. The number of aldehydes is 1. The third-order valence-electron chi connectivity index (χ3n) is 1.72. The fourth-order valence-corrected chi connectivity index (χ4v) is 1.00. The van der Waals surface area contributed by atoms with Crippen LogP contribution in [-0.2, 0) is 0 Å². The van der Waals surface area contributed by atoms with Crippen molar-refractivity contribution in [2.45, 2.75) is 6.42 Å². The number of hydrogen-bond acceptors (Lipinski definition) is 2. The standard InChI is InChI=1S/C11H13NO/c12-8-2-1-3-10-4-6-11(9-13)7-5-10/h1,3-7,9H,2,8,12H2.